The molecule has 4 aromatic rings. The van der Waals surface area contributed by atoms with Gasteiger partial charge in [-0.3, -0.25) is 4.79 Å². The molecule has 0 unspecified atom stereocenters. The molecular formula is C19H10I2O3. The lowest BCUT2D eigenvalue weighted by molar-refractivity contribution is 0.449. The van der Waals surface area contributed by atoms with Gasteiger partial charge in [0.15, 0.2) is 11.3 Å². The fourth-order valence-corrected chi connectivity index (χ4v) is 4.77. The molecule has 1 aromatic heterocycles. The summed E-state index contributed by atoms with van der Waals surface area (Å²) in [6, 6.07) is 17.2. The van der Waals surface area contributed by atoms with Crippen molar-refractivity contribution in [2.24, 2.45) is 0 Å². The van der Waals surface area contributed by atoms with E-state index >= 15 is 0 Å². The molecule has 0 saturated heterocycles. The Bertz CT molecular complexity index is 1160. The van der Waals surface area contributed by atoms with Crippen LogP contribution in [0.1, 0.15) is 0 Å². The minimum absolute atomic E-state index is 0.212. The first kappa shape index (κ1) is 15.9. The van der Waals surface area contributed by atoms with Gasteiger partial charge in [0.25, 0.3) is 0 Å². The van der Waals surface area contributed by atoms with Gasteiger partial charge in [-0.15, -0.1) is 0 Å². The fourth-order valence-electron chi connectivity index (χ4n) is 2.82. The Morgan fingerprint density at radius 2 is 1.67 bits per heavy atom. The van der Waals surface area contributed by atoms with E-state index in [2.05, 4.69) is 45.2 Å². The topological polar surface area (TPSA) is 50.4 Å². The zero-order valence-electron chi connectivity index (χ0n) is 12.2. The van der Waals surface area contributed by atoms with Gasteiger partial charge in [-0.2, -0.15) is 0 Å². The van der Waals surface area contributed by atoms with Gasteiger partial charge >= 0.3 is 0 Å². The largest absolute Gasteiger partial charge is 0.502 e. The molecule has 0 atom stereocenters. The predicted molar refractivity (Wildman–Crippen MR) is 113 cm³/mol. The normalized spacial score (nSPS) is 11.2. The molecule has 0 amide bonds. The number of hydrogen-bond acceptors (Lipinski definition) is 3. The maximum atomic E-state index is 12.6. The molecule has 4 rings (SSSR count). The van der Waals surface area contributed by atoms with Crippen LogP contribution in [0.25, 0.3) is 33.1 Å². The van der Waals surface area contributed by atoms with Gasteiger partial charge in [-0.05, 0) is 68.1 Å². The quantitative estimate of drug-likeness (QED) is 0.324. The molecule has 0 bridgehead atoms. The molecule has 0 aliphatic heterocycles. The molecule has 0 saturated carbocycles. The van der Waals surface area contributed by atoms with Gasteiger partial charge in [0, 0.05) is 9.13 Å². The van der Waals surface area contributed by atoms with Gasteiger partial charge in [0.2, 0.25) is 11.2 Å². The van der Waals surface area contributed by atoms with Crippen molar-refractivity contribution in [3.05, 3.63) is 72.0 Å². The summed E-state index contributed by atoms with van der Waals surface area (Å²) in [6.45, 7) is 0. The van der Waals surface area contributed by atoms with Crippen LogP contribution in [-0.4, -0.2) is 5.11 Å². The van der Waals surface area contributed by atoms with Gasteiger partial charge in [-0.1, -0.05) is 42.5 Å². The third-order valence-electron chi connectivity index (χ3n) is 3.92. The SMILES string of the molecule is O=c1c(O)c(-c2cccc3ccccc23)oc2c(I)cc(I)cc12. The lowest BCUT2D eigenvalue weighted by Crippen LogP contribution is -2.04. The molecule has 3 aromatic carbocycles. The maximum absolute atomic E-state index is 12.6. The molecule has 1 heterocycles. The number of hydrogen-bond donors (Lipinski definition) is 1. The highest BCUT2D eigenvalue weighted by Gasteiger charge is 2.18. The van der Waals surface area contributed by atoms with Crippen molar-refractivity contribution in [2.75, 3.05) is 0 Å². The van der Waals surface area contributed by atoms with E-state index in [0.717, 1.165) is 17.9 Å². The molecule has 118 valence electrons. The smallest absolute Gasteiger partial charge is 0.235 e. The molecule has 5 heteroatoms. The van der Waals surface area contributed by atoms with Crippen molar-refractivity contribution in [3.63, 3.8) is 0 Å². The average molecular weight is 540 g/mol. The first-order valence-electron chi connectivity index (χ1n) is 7.19. The molecular weight excluding hydrogens is 530 g/mol. The number of fused-ring (bicyclic) bond motifs is 2. The highest BCUT2D eigenvalue weighted by molar-refractivity contribution is 14.1. The summed E-state index contributed by atoms with van der Waals surface area (Å²) in [4.78, 5) is 12.6. The molecule has 1 N–H and O–H groups in total. The molecule has 0 aliphatic carbocycles. The fraction of sp³-hybridized carbons (Fsp3) is 0. The maximum Gasteiger partial charge on any atom is 0.235 e. The van der Waals surface area contributed by atoms with Crippen LogP contribution in [0.4, 0.5) is 0 Å². The first-order valence-corrected chi connectivity index (χ1v) is 9.35. The average Bonchev–Trinajstić information content (AvgIpc) is 2.58. The monoisotopic (exact) mass is 540 g/mol. The first-order chi connectivity index (χ1) is 11.6. The molecule has 0 aliphatic rings. The number of aromatic hydroxyl groups is 1. The second kappa shape index (κ2) is 6.03. The Labute approximate surface area is 164 Å². The van der Waals surface area contributed by atoms with Crippen LogP contribution < -0.4 is 5.43 Å². The van der Waals surface area contributed by atoms with E-state index in [1.165, 1.54) is 0 Å². The lowest BCUT2D eigenvalue weighted by Gasteiger charge is -2.10. The molecule has 24 heavy (non-hydrogen) atoms. The van der Waals surface area contributed by atoms with E-state index < -0.39 is 5.43 Å². The molecule has 0 radical (unpaired) electrons. The van der Waals surface area contributed by atoms with Crippen LogP contribution in [-0.2, 0) is 0 Å². The highest BCUT2D eigenvalue weighted by Crippen LogP contribution is 2.36. The number of rotatable bonds is 1. The Hall–Kier alpha value is -1.61. The van der Waals surface area contributed by atoms with E-state index in [4.69, 9.17) is 4.42 Å². The summed E-state index contributed by atoms with van der Waals surface area (Å²) in [7, 11) is 0. The minimum atomic E-state index is -0.407. The summed E-state index contributed by atoms with van der Waals surface area (Å²) in [5.41, 5.74) is 0.802. The van der Waals surface area contributed by atoms with Crippen molar-refractivity contribution < 1.29 is 9.52 Å². The van der Waals surface area contributed by atoms with Crippen LogP contribution in [0.3, 0.4) is 0 Å². The van der Waals surface area contributed by atoms with Gasteiger partial charge < -0.3 is 9.52 Å². The van der Waals surface area contributed by atoms with E-state index in [-0.39, 0.29) is 11.5 Å². The van der Waals surface area contributed by atoms with Crippen LogP contribution >= 0.6 is 45.2 Å². The summed E-state index contributed by atoms with van der Waals surface area (Å²) in [5, 5.41) is 12.8. The van der Waals surface area contributed by atoms with Crippen LogP contribution in [0, 0.1) is 7.14 Å². The molecule has 3 nitrogen and oxygen atoms in total. The highest BCUT2D eigenvalue weighted by atomic mass is 127. The van der Waals surface area contributed by atoms with Crippen LogP contribution in [0.2, 0.25) is 0 Å². The summed E-state index contributed by atoms with van der Waals surface area (Å²) < 4.78 is 7.76. The Balaban J connectivity index is 2.14. The van der Waals surface area contributed by atoms with E-state index in [9.17, 15) is 9.90 Å². The second-order valence-electron chi connectivity index (χ2n) is 5.40. The number of halogens is 2. The Morgan fingerprint density at radius 3 is 2.50 bits per heavy atom. The second-order valence-corrected chi connectivity index (χ2v) is 7.81. The predicted octanol–water partition coefficient (Wildman–Crippen LogP) is 5.53. The zero-order chi connectivity index (χ0) is 16.8. The Morgan fingerprint density at radius 1 is 0.917 bits per heavy atom. The van der Waals surface area contributed by atoms with Crippen LogP contribution in [0.15, 0.2) is 63.8 Å². The zero-order valence-corrected chi connectivity index (χ0v) is 16.5. The standard InChI is InChI=1S/C19H10I2O3/c20-11-8-14-16(22)17(23)19(24-18(14)15(21)9-11)13-7-3-5-10-4-1-2-6-12(10)13/h1-9,23H. The van der Waals surface area contributed by atoms with E-state index in [1.54, 1.807) is 6.07 Å². The van der Waals surface area contributed by atoms with E-state index in [1.807, 2.05) is 48.5 Å². The van der Waals surface area contributed by atoms with Crippen molar-refractivity contribution in [3.8, 4) is 17.1 Å². The van der Waals surface area contributed by atoms with Crippen LogP contribution in [0.5, 0.6) is 5.75 Å². The summed E-state index contributed by atoms with van der Waals surface area (Å²) >= 11 is 4.29. The van der Waals surface area contributed by atoms with Gasteiger partial charge in [0.1, 0.15) is 0 Å². The molecule has 0 spiro atoms. The van der Waals surface area contributed by atoms with Crippen molar-refractivity contribution in [1.29, 1.82) is 0 Å². The lowest BCUT2D eigenvalue weighted by atomic mass is 10.0. The van der Waals surface area contributed by atoms with Gasteiger partial charge in [0.05, 0.1) is 8.96 Å². The van der Waals surface area contributed by atoms with Crippen molar-refractivity contribution in [1.82, 2.24) is 0 Å². The van der Waals surface area contributed by atoms with E-state index in [0.29, 0.717) is 16.5 Å². The van der Waals surface area contributed by atoms with Crippen molar-refractivity contribution >= 4 is 66.9 Å². The van der Waals surface area contributed by atoms with Gasteiger partial charge in [-0.25, -0.2) is 0 Å². The Kier molecular flexibility index (Phi) is 4.00. The summed E-state index contributed by atoms with van der Waals surface area (Å²) in [5.74, 6) is -0.139. The van der Waals surface area contributed by atoms with Crippen molar-refractivity contribution in [2.45, 2.75) is 0 Å². The summed E-state index contributed by atoms with van der Waals surface area (Å²) in [6.07, 6.45) is 0. The third-order valence-corrected chi connectivity index (χ3v) is 5.35. The molecule has 0 fully saturated rings. The number of benzene rings is 3. The third kappa shape index (κ3) is 2.50. The minimum Gasteiger partial charge on any atom is -0.502 e.